The highest BCUT2D eigenvalue weighted by Crippen LogP contribution is 2.31. The van der Waals surface area contributed by atoms with E-state index in [1.807, 2.05) is 24.3 Å². The molecule has 2 aromatic carbocycles. The average molecular weight is 379 g/mol. The number of benzene rings is 2. The lowest BCUT2D eigenvalue weighted by molar-refractivity contribution is -0.0330. The van der Waals surface area contributed by atoms with Gasteiger partial charge in [0.25, 0.3) is 0 Å². The predicted octanol–water partition coefficient (Wildman–Crippen LogP) is 4.02. The Morgan fingerprint density at radius 2 is 2.00 bits per heavy atom. The third-order valence-corrected chi connectivity index (χ3v) is 5.30. The molecular weight excluding hydrogens is 354 g/mol. The van der Waals surface area contributed by atoms with Gasteiger partial charge in [-0.3, -0.25) is 4.90 Å². The van der Waals surface area contributed by atoms with Crippen LogP contribution in [-0.2, 0) is 17.7 Å². The monoisotopic (exact) mass is 379 g/mol. The molecule has 28 heavy (non-hydrogen) atoms. The van der Waals surface area contributed by atoms with Crippen molar-refractivity contribution in [3.8, 4) is 5.75 Å². The summed E-state index contributed by atoms with van der Waals surface area (Å²) in [5, 5.41) is 11.4. The van der Waals surface area contributed by atoms with E-state index in [1.54, 1.807) is 12.1 Å². The molecule has 0 amide bonds. The van der Waals surface area contributed by atoms with E-state index in [0.29, 0.717) is 24.3 Å². The van der Waals surface area contributed by atoms with Gasteiger partial charge >= 0.3 is 5.63 Å². The first-order valence-electron chi connectivity index (χ1n) is 9.82. The second-order valence-electron chi connectivity index (χ2n) is 7.29. The molecule has 1 fully saturated rings. The topological polar surface area (TPSA) is 62.9 Å². The van der Waals surface area contributed by atoms with Gasteiger partial charge in [-0.15, -0.1) is 0 Å². The molecule has 0 spiro atoms. The summed E-state index contributed by atoms with van der Waals surface area (Å²) >= 11 is 0. The Kier molecular flexibility index (Phi) is 5.46. The number of ether oxygens (including phenoxy) is 1. The second kappa shape index (κ2) is 8.17. The summed E-state index contributed by atoms with van der Waals surface area (Å²) < 4.78 is 11.5. The minimum Gasteiger partial charge on any atom is -0.507 e. The molecule has 1 atom stereocenters. The Labute approximate surface area is 164 Å². The molecule has 0 aliphatic carbocycles. The number of phenolic OH excluding ortho intramolecular Hbond substituents is 1. The molecule has 1 N–H and O–H groups in total. The summed E-state index contributed by atoms with van der Waals surface area (Å²) in [6.07, 6.45) is 1.74. The van der Waals surface area contributed by atoms with Crippen LogP contribution in [0.3, 0.4) is 0 Å². The molecule has 1 saturated heterocycles. The minimum atomic E-state index is -0.369. The van der Waals surface area contributed by atoms with Gasteiger partial charge in [0.2, 0.25) is 0 Å². The Morgan fingerprint density at radius 1 is 1.18 bits per heavy atom. The van der Waals surface area contributed by atoms with Crippen molar-refractivity contribution in [2.75, 3.05) is 19.7 Å². The normalized spacial score (nSPS) is 17.8. The summed E-state index contributed by atoms with van der Waals surface area (Å²) in [7, 11) is 0. The summed E-state index contributed by atoms with van der Waals surface area (Å²) in [4.78, 5) is 14.3. The van der Waals surface area contributed by atoms with E-state index in [4.69, 9.17) is 9.15 Å². The van der Waals surface area contributed by atoms with Crippen molar-refractivity contribution in [2.24, 2.45) is 0 Å². The van der Waals surface area contributed by atoms with Crippen molar-refractivity contribution < 1.29 is 14.3 Å². The number of rotatable bonds is 5. The molecule has 2 heterocycles. The average Bonchev–Trinajstić information content (AvgIpc) is 2.71. The fourth-order valence-corrected chi connectivity index (χ4v) is 3.91. The molecule has 1 aliphatic rings. The van der Waals surface area contributed by atoms with Gasteiger partial charge in [-0.05, 0) is 29.7 Å². The number of fused-ring (bicyclic) bond motifs is 1. The highest BCUT2D eigenvalue weighted by atomic mass is 16.5. The number of morpholine rings is 1. The number of hydrogen-bond donors (Lipinski definition) is 1. The van der Waals surface area contributed by atoms with Gasteiger partial charge in [0.15, 0.2) is 0 Å². The Balaban J connectivity index is 1.65. The molecule has 3 aromatic rings. The van der Waals surface area contributed by atoms with Gasteiger partial charge in [-0.2, -0.15) is 0 Å². The molecule has 4 rings (SSSR count). The highest BCUT2D eigenvalue weighted by molar-refractivity contribution is 5.85. The standard InChI is InChI=1S/C23H25NO4/c1-2-6-17-13-22(26)28-23-18(17)9-10-20(25)19(23)14-24-11-12-27-21(15-24)16-7-4-3-5-8-16/h3-5,7-10,13,21,25H,2,6,11-12,14-15H2,1H3/t21-/m1/s1. The first kappa shape index (κ1) is 18.7. The summed E-state index contributed by atoms with van der Waals surface area (Å²) in [6, 6.07) is 15.3. The van der Waals surface area contributed by atoms with Crippen molar-refractivity contribution in [3.05, 3.63) is 75.6 Å². The van der Waals surface area contributed by atoms with E-state index in [2.05, 4.69) is 24.0 Å². The van der Waals surface area contributed by atoms with Crippen LogP contribution in [0.1, 0.15) is 36.1 Å². The summed E-state index contributed by atoms with van der Waals surface area (Å²) in [5.74, 6) is 0.159. The molecule has 5 heteroatoms. The van der Waals surface area contributed by atoms with E-state index >= 15 is 0 Å². The fraction of sp³-hybridized carbons (Fsp3) is 0.348. The van der Waals surface area contributed by atoms with E-state index in [-0.39, 0.29) is 17.5 Å². The zero-order chi connectivity index (χ0) is 19.5. The summed E-state index contributed by atoms with van der Waals surface area (Å²) in [6.45, 7) is 4.69. The smallest absolute Gasteiger partial charge is 0.336 e. The SMILES string of the molecule is CCCc1cc(=O)oc2c(CN3CCO[C@@H](c4ccccc4)C3)c(O)ccc12. The minimum absolute atomic E-state index is 0.00488. The van der Waals surface area contributed by atoms with Gasteiger partial charge in [-0.1, -0.05) is 43.7 Å². The van der Waals surface area contributed by atoms with E-state index in [9.17, 15) is 9.90 Å². The molecule has 1 aromatic heterocycles. The third-order valence-electron chi connectivity index (χ3n) is 5.30. The van der Waals surface area contributed by atoms with E-state index < -0.39 is 0 Å². The molecule has 0 bridgehead atoms. The van der Waals surface area contributed by atoms with Crippen LogP contribution in [-0.4, -0.2) is 29.7 Å². The first-order chi connectivity index (χ1) is 13.7. The third kappa shape index (κ3) is 3.81. The number of phenols is 1. The van der Waals surface area contributed by atoms with Crippen molar-refractivity contribution >= 4 is 11.0 Å². The predicted molar refractivity (Wildman–Crippen MR) is 109 cm³/mol. The molecule has 1 aliphatic heterocycles. The van der Waals surface area contributed by atoms with Gasteiger partial charge in [0.1, 0.15) is 11.3 Å². The van der Waals surface area contributed by atoms with Crippen LogP contribution in [0, 0.1) is 0 Å². The number of aryl methyl sites for hydroxylation is 1. The van der Waals surface area contributed by atoms with Crippen LogP contribution in [0.5, 0.6) is 5.75 Å². The quantitative estimate of drug-likeness (QED) is 0.678. The van der Waals surface area contributed by atoms with Crippen LogP contribution < -0.4 is 5.63 Å². The largest absolute Gasteiger partial charge is 0.507 e. The van der Waals surface area contributed by atoms with Crippen molar-refractivity contribution in [1.82, 2.24) is 4.90 Å². The number of hydrogen-bond acceptors (Lipinski definition) is 5. The van der Waals surface area contributed by atoms with Crippen LogP contribution in [0.25, 0.3) is 11.0 Å². The molecule has 0 unspecified atom stereocenters. The Hall–Kier alpha value is -2.63. The van der Waals surface area contributed by atoms with Gasteiger partial charge in [-0.25, -0.2) is 4.79 Å². The van der Waals surface area contributed by atoms with Gasteiger partial charge in [0, 0.05) is 31.1 Å². The van der Waals surface area contributed by atoms with Crippen LogP contribution in [0.2, 0.25) is 0 Å². The second-order valence-corrected chi connectivity index (χ2v) is 7.29. The molecular formula is C23H25NO4. The van der Waals surface area contributed by atoms with Gasteiger partial charge in [0.05, 0.1) is 18.3 Å². The number of nitrogens with zero attached hydrogens (tertiary/aromatic N) is 1. The first-order valence-corrected chi connectivity index (χ1v) is 9.82. The van der Waals surface area contributed by atoms with Crippen molar-refractivity contribution in [1.29, 1.82) is 0 Å². The van der Waals surface area contributed by atoms with E-state index in [1.165, 1.54) is 0 Å². The molecule has 0 radical (unpaired) electrons. The van der Waals surface area contributed by atoms with Gasteiger partial charge < -0.3 is 14.3 Å². The molecule has 5 nitrogen and oxygen atoms in total. The lowest BCUT2D eigenvalue weighted by Gasteiger charge is -2.33. The van der Waals surface area contributed by atoms with Crippen molar-refractivity contribution in [3.63, 3.8) is 0 Å². The zero-order valence-corrected chi connectivity index (χ0v) is 16.1. The lowest BCUT2D eigenvalue weighted by atomic mass is 10.0. The van der Waals surface area contributed by atoms with Crippen LogP contribution in [0.4, 0.5) is 0 Å². The maximum atomic E-state index is 12.1. The highest BCUT2D eigenvalue weighted by Gasteiger charge is 2.24. The molecule has 146 valence electrons. The number of aromatic hydroxyl groups is 1. The maximum absolute atomic E-state index is 12.1. The zero-order valence-electron chi connectivity index (χ0n) is 16.1. The molecule has 0 saturated carbocycles. The Bertz CT molecular complexity index is 1010. The summed E-state index contributed by atoms with van der Waals surface area (Å²) in [5.41, 5.74) is 2.91. The van der Waals surface area contributed by atoms with Crippen molar-refractivity contribution in [2.45, 2.75) is 32.4 Å². The van der Waals surface area contributed by atoms with Crippen LogP contribution >= 0.6 is 0 Å². The fourth-order valence-electron chi connectivity index (χ4n) is 3.91. The maximum Gasteiger partial charge on any atom is 0.336 e. The Morgan fingerprint density at radius 3 is 2.79 bits per heavy atom. The lowest BCUT2D eigenvalue weighted by Crippen LogP contribution is -2.37. The van der Waals surface area contributed by atoms with Crippen LogP contribution in [0.15, 0.2) is 57.7 Å². The van der Waals surface area contributed by atoms with E-state index in [0.717, 1.165) is 42.4 Å².